The Morgan fingerprint density at radius 2 is 0.638 bits per heavy atom. The monoisotopic (exact) mass is 1240 g/mol. The van der Waals surface area contributed by atoms with Crippen molar-refractivity contribution in [3.05, 3.63) is 389 Å². The highest BCUT2D eigenvalue weighted by atomic mass is 19.2. The Morgan fingerprint density at radius 3 is 1.03 bits per heavy atom. The first-order valence-corrected chi connectivity index (χ1v) is 30.4. The maximum atomic E-state index is 16.2. The number of ether oxygens (including phenoxy) is 2. The fourth-order valence-electron chi connectivity index (χ4n) is 13.9. The van der Waals surface area contributed by atoms with E-state index >= 15 is 26.3 Å². The van der Waals surface area contributed by atoms with Gasteiger partial charge in [0, 0.05) is 17.1 Å². The Hall–Kier alpha value is -11.8. The highest BCUT2D eigenvalue weighted by molar-refractivity contribution is 5.93. The number of rotatable bonds is 15. The topological polar surface area (TPSA) is 21.7 Å². The van der Waals surface area contributed by atoms with Crippen molar-refractivity contribution in [2.45, 2.75) is 10.8 Å². The minimum atomic E-state index is -1.61. The Bertz CT molecular complexity index is 4830. The van der Waals surface area contributed by atoms with Crippen LogP contribution in [0, 0.1) is 40.7 Å². The summed E-state index contributed by atoms with van der Waals surface area (Å²) in [6, 6.07) is 83.0. The van der Waals surface area contributed by atoms with Crippen molar-refractivity contribution in [1.82, 2.24) is 0 Å². The van der Waals surface area contributed by atoms with Gasteiger partial charge in [0.25, 0.3) is 0 Å². The molecule has 3 nitrogen and oxygen atoms in total. The van der Waals surface area contributed by atoms with E-state index in [2.05, 4.69) is 13.2 Å². The van der Waals surface area contributed by atoms with Gasteiger partial charge in [0.2, 0.25) is 0 Å². The summed E-state index contributed by atoms with van der Waals surface area (Å²) in [4.78, 5) is 2.04. The highest BCUT2D eigenvalue weighted by Crippen LogP contribution is 2.60. The zero-order valence-corrected chi connectivity index (χ0v) is 50.0. The molecule has 0 amide bonds. The van der Waals surface area contributed by atoms with Crippen molar-refractivity contribution < 1.29 is 40.2 Å². The van der Waals surface area contributed by atoms with Gasteiger partial charge in [0.05, 0.1) is 10.8 Å². The summed E-state index contributed by atoms with van der Waals surface area (Å²) in [5.74, 6) is -6.91. The molecule has 0 radical (unpaired) electrons. The van der Waals surface area contributed by atoms with Crippen molar-refractivity contribution in [3.63, 3.8) is 0 Å². The lowest BCUT2D eigenvalue weighted by atomic mass is 9.67. The van der Waals surface area contributed by atoms with Crippen LogP contribution in [-0.2, 0) is 10.8 Å². The zero-order chi connectivity index (χ0) is 64.4. The molecule has 2 aliphatic rings. The lowest BCUT2D eigenvalue weighted by Gasteiger charge is -2.36. The summed E-state index contributed by atoms with van der Waals surface area (Å²) in [5.41, 5.74) is 11.2. The highest BCUT2D eigenvalue weighted by Gasteiger charge is 2.49. The number of nitrogens with zero attached hydrogens (tertiary/aromatic N) is 1. The molecular formula is C84H52F7NO2. The second-order valence-electron chi connectivity index (χ2n) is 23.3. The van der Waals surface area contributed by atoms with Crippen LogP contribution in [0.2, 0.25) is 0 Å². The molecule has 0 heterocycles. The third-order valence-corrected chi connectivity index (χ3v) is 18.2. The van der Waals surface area contributed by atoms with Gasteiger partial charge in [-0.2, -0.15) is 0 Å². The lowest BCUT2D eigenvalue weighted by Crippen LogP contribution is -2.30. The quantitative estimate of drug-likeness (QED) is 0.0754. The van der Waals surface area contributed by atoms with Gasteiger partial charge < -0.3 is 14.4 Å². The predicted molar refractivity (Wildman–Crippen MR) is 360 cm³/mol. The molecule has 94 heavy (non-hydrogen) atoms. The average molecular weight is 1240 g/mol. The molecule has 454 valence electrons. The van der Waals surface area contributed by atoms with E-state index < -0.39 is 45.7 Å². The standard InChI is InChI=1S/C84H52F7NO2/c1-3-51-16-34-65(35-17-51)93-67-38-24-57(25-39-67)83(59-45-77(86)81(90)78(87)46-59)73-14-7-5-12-69(73)71-42-32-63(49-75(71)83)92(62-30-22-54(23-31-62)56-11-9-10-55(44-56)53-20-28-61(85)29-21-53)64-33-43-72-70-13-6-8-15-74(70)84(76(72)50-64,60-47-79(88)82(91)80(89)48-60)58-26-40-68(41-27-58)94-66-36-18-52(4-2)19-37-66/h3-50H,1-2H2. The molecule has 2 aliphatic carbocycles. The minimum absolute atomic E-state index is 0.126. The van der Waals surface area contributed by atoms with Crippen LogP contribution in [0.1, 0.15) is 55.6 Å². The van der Waals surface area contributed by atoms with E-state index in [1.54, 1.807) is 48.6 Å². The van der Waals surface area contributed by atoms with Gasteiger partial charge in [-0.25, -0.2) is 30.7 Å². The SMILES string of the molecule is C=Cc1ccc(Oc2ccc(C3(c4cc(F)c(F)c(F)c4)c4ccccc4-c4ccc(N(c5ccc(-c6cccc(-c7ccc(F)cc7)c6)cc5)c5ccc6c(c5)C(c5ccc(Oc7ccc(C=C)cc7)cc5)(c5cc(F)c(F)c(F)c5)c5ccccc5-6)cc43)cc2)cc1. The Labute approximate surface area is 538 Å². The summed E-state index contributed by atoms with van der Waals surface area (Å²) >= 11 is 0. The summed E-state index contributed by atoms with van der Waals surface area (Å²) in [5, 5.41) is 0. The molecule has 0 bridgehead atoms. The summed E-state index contributed by atoms with van der Waals surface area (Å²) in [6.07, 6.45) is 3.47. The van der Waals surface area contributed by atoms with Crippen LogP contribution in [0.25, 0.3) is 56.7 Å². The molecular weight excluding hydrogens is 1190 g/mol. The molecule has 15 rings (SSSR count). The average Bonchev–Trinajstić information content (AvgIpc) is 1.52. The number of benzene rings is 13. The second kappa shape index (κ2) is 23.5. The second-order valence-corrected chi connectivity index (χ2v) is 23.3. The van der Waals surface area contributed by atoms with E-state index in [4.69, 9.17) is 9.47 Å². The van der Waals surface area contributed by atoms with E-state index in [9.17, 15) is 4.39 Å². The van der Waals surface area contributed by atoms with Crippen molar-refractivity contribution in [2.24, 2.45) is 0 Å². The normalized spacial score (nSPS) is 14.9. The minimum Gasteiger partial charge on any atom is -0.457 e. The molecule has 0 saturated carbocycles. The fourth-order valence-corrected chi connectivity index (χ4v) is 13.9. The number of hydrogen-bond acceptors (Lipinski definition) is 3. The number of hydrogen-bond donors (Lipinski definition) is 0. The van der Waals surface area contributed by atoms with E-state index in [1.807, 2.05) is 211 Å². The van der Waals surface area contributed by atoms with Crippen molar-refractivity contribution >= 4 is 29.2 Å². The van der Waals surface area contributed by atoms with Crippen LogP contribution in [0.3, 0.4) is 0 Å². The first-order valence-electron chi connectivity index (χ1n) is 30.4. The van der Waals surface area contributed by atoms with E-state index in [-0.39, 0.29) is 16.9 Å². The molecule has 0 fully saturated rings. The molecule has 0 saturated heterocycles. The molecule has 0 N–H and O–H groups in total. The Balaban J connectivity index is 0.950. The van der Waals surface area contributed by atoms with Gasteiger partial charge in [-0.15, -0.1) is 0 Å². The molecule has 0 aromatic heterocycles. The van der Waals surface area contributed by atoms with Crippen LogP contribution in [0.4, 0.5) is 47.8 Å². The molecule has 13 aromatic rings. The number of fused-ring (bicyclic) bond motifs is 6. The third-order valence-electron chi connectivity index (χ3n) is 18.2. The lowest BCUT2D eigenvalue weighted by molar-refractivity contribution is 0.443. The largest absolute Gasteiger partial charge is 0.457 e. The van der Waals surface area contributed by atoms with Gasteiger partial charge in [0.1, 0.15) is 28.8 Å². The van der Waals surface area contributed by atoms with Crippen LogP contribution < -0.4 is 14.4 Å². The number of anilines is 3. The molecule has 10 heteroatoms. The maximum absolute atomic E-state index is 16.2. The van der Waals surface area contributed by atoms with Crippen molar-refractivity contribution in [3.8, 4) is 67.5 Å². The van der Waals surface area contributed by atoms with Gasteiger partial charge in [-0.05, 0) is 228 Å². The smallest absolute Gasteiger partial charge is 0.194 e. The molecule has 2 unspecified atom stereocenters. The van der Waals surface area contributed by atoms with Crippen molar-refractivity contribution in [1.29, 1.82) is 0 Å². The molecule has 0 spiro atoms. The van der Waals surface area contributed by atoms with Crippen LogP contribution in [-0.4, -0.2) is 0 Å². The molecule has 0 aliphatic heterocycles. The molecule has 2 atom stereocenters. The zero-order valence-electron chi connectivity index (χ0n) is 50.0. The number of halogens is 7. The van der Waals surface area contributed by atoms with Gasteiger partial charge in [0.15, 0.2) is 34.9 Å². The third kappa shape index (κ3) is 9.85. The Kier molecular flexibility index (Phi) is 14.6. The van der Waals surface area contributed by atoms with E-state index in [0.29, 0.717) is 73.4 Å². The van der Waals surface area contributed by atoms with Gasteiger partial charge in [-0.1, -0.05) is 177 Å². The molecule has 13 aromatic carbocycles. The van der Waals surface area contributed by atoms with Crippen LogP contribution in [0.5, 0.6) is 23.0 Å². The summed E-state index contributed by atoms with van der Waals surface area (Å²) in [6.45, 7) is 7.71. The first-order chi connectivity index (χ1) is 45.8. The van der Waals surface area contributed by atoms with Crippen LogP contribution in [0.15, 0.2) is 292 Å². The van der Waals surface area contributed by atoms with E-state index in [0.717, 1.165) is 79.9 Å². The van der Waals surface area contributed by atoms with E-state index in [1.165, 1.54) is 12.1 Å². The van der Waals surface area contributed by atoms with Gasteiger partial charge >= 0.3 is 0 Å². The summed E-state index contributed by atoms with van der Waals surface area (Å²) < 4.78 is 122. The Morgan fingerprint density at radius 1 is 0.287 bits per heavy atom. The first kappa shape index (κ1) is 58.6. The fraction of sp³-hybridized carbons (Fsp3) is 0.0238. The van der Waals surface area contributed by atoms with Gasteiger partial charge in [-0.3, -0.25) is 0 Å². The summed E-state index contributed by atoms with van der Waals surface area (Å²) in [7, 11) is 0. The maximum Gasteiger partial charge on any atom is 0.194 e. The van der Waals surface area contributed by atoms with Crippen molar-refractivity contribution in [2.75, 3.05) is 4.90 Å². The predicted octanol–water partition coefficient (Wildman–Crippen LogP) is 23.1. The van der Waals surface area contributed by atoms with Crippen LogP contribution >= 0.6 is 0 Å².